The lowest BCUT2D eigenvalue weighted by Crippen LogP contribution is -2.18. The van der Waals surface area contributed by atoms with E-state index in [2.05, 4.69) is 39.2 Å². The number of aryl methyl sites for hydroxylation is 1. The van der Waals surface area contributed by atoms with Gasteiger partial charge in [0.1, 0.15) is 0 Å². The number of nitrogens with zero attached hydrogens (tertiary/aromatic N) is 4. The molecule has 118 valence electrons. The summed E-state index contributed by atoms with van der Waals surface area (Å²) in [5.41, 5.74) is 4.53. The molecule has 2 N–H and O–H groups in total. The highest BCUT2D eigenvalue weighted by Gasteiger charge is 2.52. The minimum Gasteiger partial charge on any atom is -0.383 e. The molecule has 3 aromatic heterocycles. The van der Waals surface area contributed by atoms with E-state index in [-0.39, 0.29) is 0 Å². The Bertz CT molecular complexity index is 853. The molecule has 6 heteroatoms. The maximum Gasteiger partial charge on any atom is 0.0893 e. The number of hydrogen-bond acceptors (Lipinski definition) is 4. The second-order valence-corrected chi connectivity index (χ2v) is 6.74. The molecule has 2 atom stereocenters. The Morgan fingerprint density at radius 1 is 1.22 bits per heavy atom. The average molecular weight is 308 g/mol. The number of aromatic nitrogens is 4. The van der Waals surface area contributed by atoms with E-state index in [0.717, 1.165) is 46.6 Å². The van der Waals surface area contributed by atoms with Crippen LogP contribution in [-0.4, -0.2) is 39.0 Å². The van der Waals surface area contributed by atoms with Gasteiger partial charge in [-0.05, 0) is 43.0 Å². The summed E-state index contributed by atoms with van der Waals surface area (Å²) < 4.78 is 3.77. The number of hydrogen-bond donors (Lipinski definition) is 2. The smallest absolute Gasteiger partial charge is 0.0893 e. The van der Waals surface area contributed by atoms with Crippen molar-refractivity contribution in [1.29, 1.82) is 0 Å². The zero-order valence-electron chi connectivity index (χ0n) is 13.1. The Hall–Kier alpha value is -2.34. The van der Waals surface area contributed by atoms with Gasteiger partial charge in [0.25, 0.3) is 0 Å². The fraction of sp³-hybridized carbons (Fsp3) is 0.412. The zero-order chi connectivity index (χ0) is 15.4. The van der Waals surface area contributed by atoms with Gasteiger partial charge in [-0.1, -0.05) is 0 Å². The van der Waals surface area contributed by atoms with E-state index in [1.807, 2.05) is 34.8 Å². The molecule has 2 unspecified atom stereocenters. The second-order valence-electron chi connectivity index (χ2n) is 6.74. The van der Waals surface area contributed by atoms with Crippen molar-refractivity contribution in [2.24, 2.45) is 24.8 Å². The van der Waals surface area contributed by atoms with Crippen LogP contribution in [0, 0.1) is 17.8 Å². The molecule has 4 heterocycles. The van der Waals surface area contributed by atoms with Crippen molar-refractivity contribution in [3.05, 3.63) is 36.9 Å². The number of rotatable bonds is 4. The minimum atomic E-state index is 0.821. The van der Waals surface area contributed by atoms with E-state index >= 15 is 0 Å². The van der Waals surface area contributed by atoms with Gasteiger partial charge in [0.2, 0.25) is 0 Å². The van der Waals surface area contributed by atoms with Crippen LogP contribution >= 0.6 is 0 Å². The molecule has 1 saturated carbocycles. The summed E-state index contributed by atoms with van der Waals surface area (Å²) in [4.78, 5) is 0. The summed E-state index contributed by atoms with van der Waals surface area (Å²) >= 11 is 0. The van der Waals surface area contributed by atoms with Crippen LogP contribution in [-0.2, 0) is 7.05 Å². The molecule has 0 bridgehead atoms. The highest BCUT2D eigenvalue weighted by molar-refractivity contribution is 5.78. The predicted octanol–water partition coefficient (Wildman–Crippen LogP) is 1.61. The molecule has 1 aliphatic carbocycles. The van der Waals surface area contributed by atoms with Crippen LogP contribution in [0.1, 0.15) is 0 Å². The standard InChI is InChI=1S/C17H20N6/c1-22-9-12(5-21-22)11-4-16(17-2-3-20-23(17)10-11)19-8-15-13-6-18-7-14(13)15/h2-5,9-10,13-15,18-19H,6-8H2,1H3. The van der Waals surface area contributed by atoms with E-state index in [9.17, 15) is 0 Å². The first-order chi connectivity index (χ1) is 11.3. The Morgan fingerprint density at radius 3 is 2.87 bits per heavy atom. The minimum absolute atomic E-state index is 0.821. The maximum absolute atomic E-state index is 4.41. The van der Waals surface area contributed by atoms with Crippen molar-refractivity contribution in [3.8, 4) is 11.1 Å². The third kappa shape index (κ3) is 2.13. The van der Waals surface area contributed by atoms with Gasteiger partial charge in [0, 0.05) is 37.1 Å². The third-order valence-corrected chi connectivity index (χ3v) is 5.34. The second kappa shape index (κ2) is 4.83. The first-order valence-corrected chi connectivity index (χ1v) is 8.20. The van der Waals surface area contributed by atoms with E-state index in [1.165, 1.54) is 13.1 Å². The molecule has 6 nitrogen and oxygen atoms in total. The number of piperidine rings is 1. The zero-order valence-corrected chi connectivity index (χ0v) is 13.1. The first-order valence-electron chi connectivity index (χ1n) is 8.20. The molecule has 1 aliphatic heterocycles. The van der Waals surface area contributed by atoms with Gasteiger partial charge in [0.15, 0.2) is 0 Å². The third-order valence-electron chi connectivity index (χ3n) is 5.34. The molecular formula is C17H20N6. The Kier molecular flexibility index (Phi) is 2.76. The molecule has 2 fully saturated rings. The van der Waals surface area contributed by atoms with E-state index in [1.54, 1.807) is 0 Å². The Labute approximate surface area is 134 Å². The lowest BCUT2D eigenvalue weighted by Gasteiger charge is -2.11. The number of nitrogens with one attached hydrogen (secondary N) is 2. The summed E-state index contributed by atoms with van der Waals surface area (Å²) in [5.74, 6) is 2.58. The highest BCUT2D eigenvalue weighted by atomic mass is 15.2. The molecule has 0 radical (unpaired) electrons. The predicted molar refractivity (Wildman–Crippen MR) is 89.2 cm³/mol. The summed E-state index contributed by atoms with van der Waals surface area (Å²) in [6.07, 6.45) is 7.84. The van der Waals surface area contributed by atoms with Crippen molar-refractivity contribution in [1.82, 2.24) is 24.7 Å². The lowest BCUT2D eigenvalue weighted by atomic mass is 10.1. The van der Waals surface area contributed by atoms with E-state index in [4.69, 9.17) is 0 Å². The van der Waals surface area contributed by atoms with Crippen LogP contribution in [0.2, 0.25) is 0 Å². The van der Waals surface area contributed by atoms with Gasteiger partial charge in [-0.2, -0.15) is 10.2 Å². The van der Waals surface area contributed by atoms with Gasteiger partial charge in [-0.25, -0.2) is 4.52 Å². The van der Waals surface area contributed by atoms with Gasteiger partial charge >= 0.3 is 0 Å². The number of fused-ring (bicyclic) bond motifs is 2. The largest absolute Gasteiger partial charge is 0.383 e. The van der Waals surface area contributed by atoms with E-state index in [0.29, 0.717) is 0 Å². The van der Waals surface area contributed by atoms with Crippen molar-refractivity contribution >= 4 is 11.2 Å². The normalized spacial score (nSPS) is 25.7. The molecule has 0 amide bonds. The monoisotopic (exact) mass is 308 g/mol. The van der Waals surface area contributed by atoms with Gasteiger partial charge < -0.3 is 10.6 Å². The van der Waals surface area contributed by atoms with Crippen molar-refractivity contribution in [2.45, 2.75) is 0 Å². The van der Waals surface area contributed by atoms with Crippen LogP contribution < -0.4 is 10.6 Å². The SMILES string of the molecule is Cn1cc(-c2cc(NCC3C4CNCC43)c3ccnn3c2)cn1. The van der Waals surface area contributed by atoms with E-state index < -0.39 is 0 Å². The van der Waals surface area contributed by atoms with Gasteiger partial charge in [0.05, 0.1) is 23.6 Å². The summed E-state index contributed by atoms with van der Waals surface area (Å²) in [6, 6.07) is 4.27. The fourth-order valence-corrected chi connectivity index (χ4v) is 3.98. The van der Waals surface area contributed by atoms with Crippen LogP contribution in [0.5, 0.6) is 0 Å². The molecule has 2 aliphatic rings. The van der Waals surface area contributed by atoms with Crippen LogP contribution in [0.3, 0.4) is 0 Å². The lowest BCUT2D eigenvalue weighted by molar-refractivity contribution is 0.615. The van der Waals surface area contributed by atoms with Crippen molar-refractivity contribution < 1.29 is 0 Å². The topological polar surface area (TPSA) is 59.2 Å². The molecule has 0 spiro atoms. The molecule has 3 aromatic rings. The van der Waals surface area contributed by atoms with Crippen LogP contribution in [0.4, 0.5) is 5.69 Å². The summed E-state index contributed by atoms with van der Waals surface area (Å²) in [5, 5.41) is 15.8. The molecular weight excluding hydrogens is 288 g/mol. The fourth-order valence-electron chi connectivity index (χ4n) is 3.98. The molecule has 23 heavy (non-hydrogen) atoms. The van der Waals surface area contributed by atoms with Crippen LogP contribution in [0.15, 0.2) is 36.9 Å². The average Bonchev–Trinajstić information content (AvgIpc) is 3.07. The Balaban J connectivity index is 1.45. The van der Waals surface area contributed by atoms with Gasteiger partial charge in [-0.15, -0.1) is 0 Å². The molecule has 0 aromatic carbocycles. The quantitative estimate of drug-likeness (QED) is 0.769. The molecule has 1 saturated heterocycles. The highest BCUT2D eigenvalue weighted by Crippen LogP contribution is 2.48. The van der Waals surface area contributed by atoms with Crippen molar-refractivity contribution in [3.63, 3.8) is 0 Å². The summed E-state index contributed by atoms with van der Waals surface area (Å²) in [7, 11) is 1.94. The van der Waals surface area contributed by atoms with Crippen LogP contribution in [0.25, 0.3) is 16.6 Å². The number of pyridine rings is 1. The maximum atomic E-state index is 4.41. The molecule has 5 rings (SSSR count). The Morgan fingerprint density at radius 2 is 2.09 bits per heavy atom. The summed E-state index contributed by atoms with van der Waals surface area (Å²) in [6.45, 7) is 3.43. The first kappa shape index (κ1) is 13.1. The van der Waals surface area contributed by atoms with Crippen molar-refractivity contribution in [2.75, 3.05) is 25.0 Å². The van der Waals surface area contributed by atoms with Gasteiger partial charge in [-0.3, -0.25) is 4.68 Å². The number of anilines is 1.